The summed E-state index contributed by atoms with van der Waals surface area (Å²) in [5.74, 6) is 2.72. The lowest BCUT2D eigenvalue weighted by molar-refractivity contribution is 0.320. The fraction of sp³-hybridized carbons (Fsp3) is 0.467. The minimum atomic E-state index is 0.383. The van der Waals surface area contributed by atoms with E-state index in [4.69, 9.17) is 4.52 Å². The fourth-order valence-electron chi connectivity index (χ4n) is 2.41. The normalized spacial score (nSPS) is 19.1. The molecule has 1 atom stereocenters. The van der Waals surface area contributed by atoms with Crippen molar-refractivity contribution >= 4 is 11.8 Å². The van der Waals surface area contributed by atoms with E-state index in [-0.39, 0.29) is 0 Å². The first-order valence-electron chi connectivity index (χ1n) is 7.04. The number of rotatable bonds is 4. The third kappa shape index (κ3) is 3.41. The Labute approximate surface area is 123 Å². The SMILES string of the molecule is Cc1cccc(SCc2noc(C3CCCNC3)n2)c1. The van der Waals surface area contributed by atoms with Gasteiger partial charge >= 0.3 is 0 Å². The molecular weight excluding hydrogens is 270 g/mol. The molecule has 1 aliphatic rings. The Morgan fingerprint density at radius 3 is 3.20 bits per heavy atom. The monoisotopic (exact) mass is 289 g/mol. The van der Waals surface area contributed by atoms with E-state index < -0.39 is 0 Å². The molecule has 0 bridgehead atoms. The number of nitrogens with zero attached hydrogens (tertiary/aromatic N) is 2. The molecule has 5 heteroatoms. The molecule has 0 amide bonds. The Morgan fingerprint density at radius 1 is 1.45 bits per heavy atom. The number of piperidine rings is 1. The molecule has 2 heterocycles. The predicted molar refractivity (Wildman–Crippen MR) is 79.9 cm³/mol. The van der Waals surface area contributed by atoms with Crippen LogP contribution in [-0.4, -0.2) is 23.2 Å². The van der Waals surface area contributed by atoms with Crippen molar-refractivity contribution in [3.63, 3.8) is 0 Å². The second-order valence-corrected chi connectivity index (χ2v) is 6.25. The topological polar surface area (TPSA) is 51.0 Å². The molecule has 2 aromatic rings. The van der Waals surface area contributed by atoms with E-state index in [1.165, 1.54) is 16.9 Å². The summed E-state index contributed by atoms with van der Waals surface area (Å²) in [6.45, 7) is 4.15. The van der Waals surface area contributed by atoms with Crippen molar-refractivity contribution in [3.8, 4) is 0 Å². The van der Waals surface area contributed by atoms with Gasteiger partial charge in [0.05, 0.1) is 11.7 Å². The highest BCUT2D eigenvalue weighted by molar-refractivity contribution is 7.98. The van der Waals surface area contributed by atoms with Gasteiger partial charge in [0.25, 0.3) is 0 Å². The highest BCUT2D eigenvalue weighted by Gasteiger charge is 2.21. The molecule has 1 unspecified atom stereocenters. The molecule has 0 radical (unpaired) electrons. The summed E-state index contributed by atoms with van der Waals surface area (Å²) < 4.78 is 5.40. The van der Waals surface area contributed by atoms with Crippen molar-refractivity contribution in [1.29, 1.82) is 0 Å². The Morgan fingerprint density at radius 2 is 2.40 bits per heavy atom. The molecule has 0 saturated carbocycles. The maximum Gasteiger partial charge on any atom is 0.231 e. The third-order valence-corrected chi connectivity index (χ3v) is 4.48. The third-order valence-electron chi connectivity index (χ3n) is 3.49. The zero-order valence-electron chi connectivity index (χ0n) is 11.6. The van der Waals surface area contributed by atoms with Crippen LogP contribution in [0.25, 0.3) is 0 Å². The van der Waals surface area contributed by atoms with Gasteiger partial charge in [0.15, 0.2) is 5.82 Å². The van der Waals surface area contributed by atoms with Crippen molar-refractivity contribution < 1.29 is 4.52 Å². The smallest absolute Gasteiger partial charge is 0.231 e. The Balaban J connectivity index is 1.59. The summed E-state index contributed by atoms with van der Waals surface area (Å²) in [4.78, 5) is 5.78. The van der Waals surface area contributed by atoms with Crippen LogP contribution in [0.2, 0.25) is 0 Å². The van der Waals surface area contributed by atoms with Gasteiger partial charge in [0, 0.05) is 11.4 Å². The van der Waals surface area contributed by atoms with Crippen molar-refractivity contribution in [2.45, 2.75) is 36.3 Å². The summed E-state index contributed by atoms with van der Waals surface area (Å²) in [5.41, 5.74) is 1.28. The number of benzene rings is 1. The van der Waals surface area contributed by atoms with Crippen LogP contribution in [0.1, 0.15) is 36.0 Å². The summed E-state index contributed by atoms with van der Waals surface area (Å²) in [5, 5.41) is 7.47. The van der Waals surface area contributed by atoms with Gasteiger partial charge in [-0.3, -0.25) is 0 Å². The molecule has 1 fully saturated rings. The second-order valence-electron chi connectivity index (χ2n) is 5.20. The van der Waals surface area contributed by atoms with Crippen LogP contribution >= 0.6 is 11.8 Å². The summed E-state index contributed by atoms with van der Waals surface area (Å²) >= 11 is 1.75. The van der Waals surface area contributed by atoms with Gasteiger partial charge in [-0.05, 0) is 38.4 Å². The standard InChI is InChI=1S/C15H19N3OS/c1-11-4-2-6-13(8-11)20-10-14-17-15(19-18-14)12-5-3-7-16-9-12/h2,4,6,8,12,16H,3,5,7,9-10H2,1H3. The van der Waals surface area contributed by atoms with E-state index in [0.717, 1.165) is 37.0 Å². The van der Waals surface area contributed by atoms with Gasteiger partial charge in [-0.15, -0.1) is 11.8 Å². The summed E-state index contributed by atoms with van der Waals surface area (Å²) in [7, 11) is 0. The lowest BCUT2D eigenvalue weighted by Gasteiger charge is -2.18. The number of nitrogens with one attached hydrogen (secondary N) is 1. The van der Waals surface area contributed by atoms with Crippen molar-refractivity contribution in [1.82, 2.24) is 15.5 Å². The van der Waals surface area contributed by atoms with E-state index >= 15 is 0 Å². The minimum Gasteiger partial charge on any atom is -0.339 e. The zero-order valence-corrected chi connectivity index (χ0v) is 12.4. The van der Waals surface area contributed by atoms with Crippen LogP contribution in [0.3, 0.4) is 0 Å². The van der Waals surface area contributed by atoms with Crippen LogP contribution < -0.4 is 5.32 Å². The van der Waals surface area contributed by atoms with Crippen LogP contribution in [0.4, 0.5) is 0 Å². The van der Waals surface area contributed by atoms with Crippen LogP contribution in [0, 0.1) is 6.92 Å². The van der Waals surface area contributed by atoms with E-state index in [0.29, 0.717) is 5.92 Å². The molecule has 1 N–H and O–H groups in total. The highest BCUT2D eigenvalue weighted by atomic mass is 32.2. The fourth-order valence-corrected chi connectivity index (χ4v) is 3.26. The average molecular weight is 289 g/mol. The first-order valence-corrected chi connectivity index (χ1v) is 8.02. The van der Waals surface area contributed by atoms with Crippen molar-refractivity contribution in [2.75, 3.05) is 13.1 Å². The molecule has 4 nitrogen and oxygen atoms in total. The molecule has 1 aliphatic heterocycles. The highest BCUT2D eigenvalue weighted by Crippen LogP contribution is 2.25. The van der Waals surface area contributed by atoms with Crippen molar-refractivity contribution in [2.24, 2.45) is 0 Å². The molecule has 1 aromatic carbocycles. The van der Waals surface area contributed by atoms with Crippen molar-refractivity contribution in [3.05, 3.63) is 41.5 Å². The number of thioether (sulfide) groups is 1. The maximum absolute atomic E-state index is 5.40. The van der Waals surface area contributed by atoms with Gasteiger partial charge in [0.2, 0.25) is 5.89 Å². The van der Waals surface area contributed by atoms with E-state index in [1.54, 1.807) is 11.8 Å². The largest absolute Gasteiger partial charge is 0.339 e. The number of aryl methyl sites for hydroxylation is 1. The van der Waals surface area contributed by atoms with Gasteiger partial charge in [-0.25, -0.2) is 0 Å². The first-order chi connectivity index (χ1) is 9.81. The Bertz CT molecular complexity index is 564. The van der Waals surface area contributed by atoms with E-state index in [9.17, 15) is 0 Å². The quantitative estimate of drug-likeness (QED) is 0.876. The van der Waals surface area contributed by atoms with Crippen LogP contribution in [0.15, 0.2) is 33.7 Å². The van der Waals surface area contributed by atoms with Gasteiger partial charge in [0.1, 0.15) is 0 Å². The number of hydrogen-bond donors (Lipinski definition) is 1. The van der Waals surface area contributed by atoms with Crippen LogP contribution in [-0.2, 0) is 5.75 Å². The Kier molecular flexibility index (Phi) is 4.38. The van der Waals surface area contributed by atoms with Crippen LogP contribution in [0.5, 0.6) is 0 Å². The summed E-state index contributed by atoms with van der Waals surface area (Å²) in [6.07, 6.45) is 2.32. The van der Waals surface area contributed by atoms with E-state index in [1.807, 2.05) is 0 Å². The molecule has 20 heavy (non-hydrogen) atoms. The number of aromatic nitrogens is 2. The molecule has 0 spiro atoms. The number of hydrogen-bond acceptors (Lipinski definition) is 5. The lowest BCUT2D eigenvalue weighted by atomic mass is 10.00. The lowest BCUT2D eigenvalue weighted by Crippen LogP contribution is -2.28. The molecule has 0 aliphatic carbocycles. The molecule has 106 valence electrons. The molecule has 3 rings (SSSR count). The minimum absolute atomic E-state index is 0.383. The molecule has 1 aromatic heterocycles. The predicted octanol–water partition coefficient (Wildman–Crippen LogP) is 3.14. The van der Waals surface area contributed by atoms with Gasteiger partial charge < -0.3 is 9.84 Å². The summed E-state index contributed by atoms with van der Waals surface area (Å²) in [6, 6.07) is 8.47. The average Bonchev–Trinajstić information content (AvgIpc) is 2.95. The molecular formula is C15H19N3OS. The first kappa shape index (κ1) is 13.6. The maximum atomic E-state index is 5.40. The van der Waals surface area contributed by atoms with E-state index in [2.05, 4.69) is 46.6 Å². The zero-order chi connectivity index (χ0) is 13.8. The molecule has 1 saturated heterocycles. The Hall–Kier alpha value is -1.33. The van der Waals surface area contributed by atoms with Gasteiger partial charge in [-0.2, -0.15) is 4.98 Å². The second kappa shape index (κ2) is 6.41. The van der Waals surface area contributed by atoms with Gasteiger partial charge in [-0.1, -0.05) is 22.9 Å².